The number of amides is 1. The van der Waals surface area contributed by atoms with Crippen LogP contribution in [0.3, 0.4) is 0 Å². The van der Waals surface area contributed by atoms with Gasteiger partial charge in [-0.2, -0.15) is 10.4 Å². The van der Waals surface area contributed by atoms with Crippen molar-refractivity contribution >= 4 is 23.1 Å². The van der Waals surface area contributed by atoms with Crippen LogP contribution in [0.25, 0.3) is 0 Å². The molecule has 2 N–H and O–H groups in total. The van der Waals surface area contributed by atoms with Gasteiger partial charge in [0, 0.05) is 31.4 Å². The summed E-state index contributed by atoms with van der Waals surface area (Å²) < 4.78 is 1.83. The summed E-state index contributed by atoms with van der Waals surface area (Å²) in [5, 5.41) is 20.1. The summed E-state index contributed by atoms with van der Waals surface area (Å²) >= 11 is 0. The van der Waals surface area contributed by atoms with Crippen molar-refractivity contribution in [2.24, 2.45) is 5.92 Å². The Balaban J connectivity index is 1.48. The standard InChI is InChI=1S/C24H27N7O/c1-15(2)23-24(32)29-22-16(3)28-21(9-20(22)30(23)4)26-11-17-12-27-31(13-17)14-19-8-6-5-7-18(19)10-25/h5-9,12-13,15,23H,11,14H2,1-4H3,(H,26,28)(H,29,32). The Morgan fingerprint density at radius 3 is 2.84 bits per heavy atom. The van der Waals surface area contributed by atoms with Crippen LogP contribution in [0.1, 0.15) is 36.2 Å². The van der Waals surface area contributed by atoms with Crippen LogP contribution in [0.15, 0.2) is 42.7 Å². The van der Waals surface area contributed by atoms with Gasteiger partial charge in [-0.3, -0.25) is 9.48 Å². The number of carbonyl (C=O) groups excluding carboxylic acids is 1. The first-order chi connectivity index (χ1) is 15.4. The zero-order valence-corrected chi connectivity index (χ0v) is 18.8. The first kappa shape index (κ1) is 21.4. The average Bonchev–Trinajstić information content (AvgIpc) is 3.20. The summed E-state index contributed by atoms with van der Waals surface area (Å²) in [5.74, 6) is 0.940. The molecule has 1 aliphatic rings. The Morgan fingerprint density at radius 1 is 1.31 bits per heavy atom. The molecule has 0 saturated carbocycles. The van der Waals surface area contributed by atoms with E-state index in [1.807, 2.05) is 80.1 Å². The van der Waals surface area contributed by atoms with Crippen LogP contribution < -0.4 is 15.5 Å². The number of nitriles is 1. The summed E-state index contributed by atoms with van der Waals surface area (Å²) in [4.78, 5) is 19.2. The monoisotopic (exact) mass is 429 g/mol. The number of anilines is 3. The maximum absolute atomic E-state index is 12.5. The van der Waals surface area contributed by atoms with Gasteiger partial charge in [-0.1, -0.05) is 32.0 Å². The van der Waals surface area contributed by atoms with Gasteiger partial charge in [-0.25, -0.2) is 4.98 Å². The molecule has 1 aliphatic heterocycles. The molecule has 1 amide bonds. The molecule has 0 saturated heterocycles. The lowest BCUT2D eigenvalue weighted by molar-refractivity contribution is -0.118. The van der Waals surface area contributed by atoms with Gasteiger partial charge < -0.3 is 15.5 Å². The third kappa shape index (κ3) is 4.14. The minimum atomic E-state index is -0.216. The summed E-state index contributed by atoms with van der Waals surface area (Å²) in [6.07, 6.45) is 3.78. The van der Waals surface area contributed by atoms with E-state index in [1.54, 1.807) is 0 Å². The second-order valence-corrected chi connectivity index (χ2v) is 8.44. The molecule has 0 spiro atoms. The number of hydrogen-bond donors (Lipinski definition) is 2. The van der Waals surface area contributed by atoms with Crippen LogP contribution in [0, 0.1) is 24.2 Å². The van der Waals surface area contributed by atoms with E-state index in [1.165, 1.54) is 0 Å². The van der Waals surface area contributed by atoms with E-state index in [-0.39, 0.29) is 17.9 Å². The number of carbonyl (C=O) groups is 1. The number of rotatable bonds is 6. The summed E-state index contributed by atoms with van der Waals surface area (Å²) in [5.41, 5.74) is 5.11. The number of nitrogens with zero attached hydrogens (tertiary/aromatic N) is 5. The predicted molar refractivity (Wildman–Crippen MR) is 124 cm³/mol. The van der Waals surface area contributed by atoms with Gasteiger partial charge in [0.2, 0.25) is 5.91 Å². The fourth-order valence-electron chi connectivity index (χ4n) is 4.17. The number of aryl methyl sites for hydroxylation is 1. The van der Waals surface area contributed by atoms with Gasteiger partial charge in [0.15, 0.2) is 0 Å². The van der Waals surface area contributed by atoms with Crippen LogP contribution in [0.4, 0.5) is 17.2 Å². The molecular formula is C24H27N7O. The number of benzene rings is 1. The second kappa shape index (κ2) is 8.71. The van der Waals surface area contributed by atoms with Crippen molar-refractivity contribution in [3.63, 3.8) is 0 Å². The molecule has 1 atom stereocenters. The van der Waals surface area contributed by atoms with Gasteiger partial charge in [-0.15, -0.1) is 0 Å². The quantitative estimate of drug-likeness (QED) is 0.622. The third-order valence-electron chi connectivity index (χ3n) is 5.76. The molecule has 32 heavy (non-hydrogen) atoms. The number of hydrogen-bond acceptors (Lipinski definition) is 6. The Morgan fingerprint density at radius 2 is 2.09 bits per heavy atom. The van der Waals surface area contributed by atoms with Crippen molar-refractivity contribution < 1.29 is 4.79 Å². The zero-order valence-electron chi connectivity index (χ0n) is 18.8. The smallest absolute Gasteiger partial charge is 0.247 e. The van der Waals surface area contributed by atoms with E-state index in [0.29, 0.717) is 18.7 Å². The van der Waals surface area contributed by atoms with Gasteiger partial charge in [0.1, 0.15) is 11.9 Å². The molecule has 3 heterocycles. The molecule has 8 heteroatoms. The number of nitrogens with one attached hydrogen (secondary N) is 2. The predicted octanol–water partition coefficient (Wildman–Crippen LogP) is 3.53. The van der Waals surface area contributed by atoms with Gasteiger partial charge in [0.25, 0.3) is 0 Å². The highest BCUT2D eigenvalue weighted by Crippen LogP contribution is 2.36. The van der Waals surface area contributed by atoms with Gasteiger partial charge in [-0.05, 0) is 24.5 Å². The molecule has 8 nitrogen and oxygen atoms in total. The van der Waals surface area contributed by atoms with Gasteiger partial charge >= 0.3 is 0 Å². The van der Waals surface area contributed by atoms with Crippen LogP contribution in [0.2, 0.25) is 0 Å². The number of likely N-dealkylation sites (N-methyl/N-ethyl adjacent to an activating group) is 1. The SMILES string of the molecule is Cc1nc(NCc2cnn(Cc3ccccc3C#N)c2)cc2c1NC(=O)C(C(C)C)N2C. The van der Waals surface area contributed by atoms with E-state index in [0.717, 1.165) is 34.0 Å². The minimum absolute atomic E-state index is 0.00555. The van der Waals surface area contributed by atoms with Crippen molar-refractivity contribution in [1.29, 1.82) is 5.26 Å². The molecule has 164 valence electrons. The highest BCUT2D eigenvalue weighted by atomic mass is 16.2. The molecule has 3 aromatic rings. The number of aromatic nitrogens is 3. The highest BCUT2D eigenvalue weighted by molar-refractivity contribution is 6.04. The summed E-state index contributed by atoms with van der Waals surface area (Å²) in [6.45, 7) is 7.10. The largest absolute Gasteiger partial charge is 0.366 e. The topological polar surface area (TPSA) is 98.9 Å². The fraction of sp³-hybridized carbons (Fsp3) is 0.333. The van der Waals surface area contributed by atoms with E-state index in [9.17, 15) is 10.1 Å². The normalized spacial score (nSPS) is 15.3. The molecule has 0 fully saturated rings. The fourth-order valence-corrected chi connectivity index (χ4v) is 4.17. The Kier molecular flexibility index (Phi) is 5.82. The molecule has 4 rings (SSSR count). The number of fused-ring (bicyclic) bond motifs is 1. The van der Waals surface area contributed by atoms with Crippen molar-refractivity contribution in [3.05, 3.63) is 65.1 Å². The first-order valence-electron chi connectivity index (χ1n) is 10.7. The molecule has 0 bridgehead atoms. The third-order valence-corrected chi connectivity index (χ3v) is 5.76. The van der Waals surface area contributed by atoms with E-state index in [2.05, 4.69) is 26.8 Å². The Bertz CT molecular complexity index is 1190. The van der Waals surface area contributed by atoms with Crippen LogP contribution >= 0.6 is 0 Å². The zero-order chi connectivity index (χ0) is 22.8. The first-order valence-corrected chi connectivity index (χ1v) is 10.7. The van der Waals surface area contributed by atoms with Crippen LogP contribution in [-0.2, 0) is 17.9 Å². The average molecular weight is 430 g/mol. The minimum Gasteiger partial charge on any atom is -0.366 e. The maximum Gasteiger partial charge on any atom is 0.247 e. The lowest BCUT2D eigenvalue weighted by atomic mass is 9.98. The summed E-state index contributed by atoms with van der Waals surface area (Å²) in [6, 6.07) is 11.5. The lowest BCUT2D eigenvalue weighted by Gasteiger charge is -2.38. The molecular weight excluding hydrogens is 402 g/mol. The molecule has 0 radical (unpaired) electrons. The van der Waals surface area contributed by atoms with E-state index < -0.39 is 0 Å². The van der Waals surface area contributed by atoms with Crippen molar-refractivity contribution in [3.8, 4) is 6.07 Å². The molecule has 1 aromatic carbocycles. The summed E-state index contributed by atoms with van der Waals surface area (Å²) in [7, 11) is 1.95. The lowest BCUT2D eigenvalue weighted by Crippen LogP contribution is -2.49. The Hall–Kier alpha value is -3.86. The number of pyridine rings is 1. The van der Waals surface area contributed by atoms with E-state index >= 15 is 0 Å². The van der Waals surface area contributed by atoms with Crippen LogP contribution in [-0.4, -0.2) is 33.8 Å². The van der Waals surface area contributed by atoms with Crippen molar-refractivity contribution in [2.45, 2.75) is 39.9 Å². The van der Waals surface area contributed by atoms with Crippen molar-refractivity contribution in [2.75, 3.05) is 22.6 Å². The second-order valence-electron chi connectivity index (χ2n) is 8.44. The van der Waals surface area contributed by atoms with Crippen LogP contribution in [0.5, 0.6) is 0 Å². The molecule has 2 aromatic heterocycles. The molecule has 0 aliphatic carbocycles. The maximum atomic E-state index is 12.5. The Labute approximate surface area is 187 Å². The van der Waals surface area contributed by atoms with Crippen molar-refractivity contribution in [1.82, 2.24) is 14.8 Å². The highest BCUT2D eigenvalue weighted by Gasteiger charge is 2.34. The van der Waals surface area contributed by atoms with E-state index in [4.69, 9.17) is 0 Å². The van der Waals surface area contributed by atoms with Gasteiger partial charge in [0.05, 0.1) is 41.4 Å². The molecule has 1 unspecified atom stereocenters.